The number of aromatic nitrogens is 2. The first kappa shape index (κ1) is 24.1. The molecule has 36 heavy (non-hydrogen) atoms. The SMILES string of the molecule is Cc1ccc(-n2nc(-c3ccc(C)c(C)c3)cc2C(=O)N2CCN(c3cccc(Cl)c3)CC2)c(C)c1. The molecule has 0 N–H and O–H groups in total. The van der Waals surface area contributed by atoms with Crippen LogP contribution in [0.3, 0.4) is 0 Å². The Balaban J connectivity index is 1.47. The van der Waals surface area contributed by atoms with Gasteiger partial charge in [0.1, 0.15) is 5.69 Å². The van der Waals surface area contributed by atoms with Crippen molar-refractivity contribution >= 4 is 23.2 Å². The van der Waals surface area contributed by atoms with Crippen LogP contribution in [0.5, 0.6) is 0 Å². The summed E-state index contributed by atoms with van der Waals surface area (Å²) in [5.41, 5.74) is 9.14. The van der Waals surface area contributed by atoms with Crippen molar-refractivity contribution in [1.29, 1.82) is 0 Å². The molecule has 5 nitrogen and oxygen atoms in total. The summed E-state index contributed by atoms with van der Waals surface area (Å²) in [7, 11) is 0. The van der Waals surface area contributed by atoms with E-state index in [4.69, 9.17) is 16.7 Å². The number of hydrogen-bond acceptors (Lipinski definition) is 3. The molecule has 0 aliphatic carbocycles. The summed E-state index contributed by atoms with van der Waals surface area (Å²) < 4.78 is 1.82. The highest BCUT2D eigenvalue weighted by atomic mass is 35.5. The van der Waals surface area contributed by atoms with E-state index >= 15 is 0 Å². The Morgan fingerprint density at radius 1 is 0.806 bits per heavy atom. The van der Waals surface area contributed by atoms with Crippen LogP contribution >= 0.6 is 11.6 Å². The standard InChI is InChI=1S/C30H31ClN4O/c1-20-8-11-28(23(4)16-20)35-29(19-27(32-35)24-10-9-21(2)22(3)17-24)30(36)34-14-12-33(13-15-34)26-7-5-6-25(31)18-26/h5-11,16-19H,12-15H2,1-4H3. The van der Waals surface area contributed by atoms with E-state index in [9.17, 15) is 4.79 Å². The minimum Gasteiger partial charge on any atom is -0.368 e. The molecule has 184 valence electrons. The maximum absolute atomic E-state index is 13.9. The van der Waals surface area contributed by atoms with E-state index < -0.39 is 0 Å². The predicted molar refractivity (Wildman–Crippen MR) is 148 cm³/mol. The molecular weight excluding hydrogens is 468 g/mol. The first-order valence-corrected chi connectivity index (χ1v) is 12.7. The molecule has 1 fully saturated rings. The topological polar surface area (TPSA) is 41.4 Å². The average molecular weight is 499 g/mol. The van der Waals surface area contributed by atoms with Crippen LogP contribution < -0.4 is 4.90 Å². The highest BCUT2D eigenvalue weighted by Gasteiger charge is 2.27. The molecule has 0 atom stereocenters. The fourth-order valence-corrected chi connectivity index (χ4v) is 4.99. The zero-order chi connectivity index (χ0) is 25.4. The summed E-state index contributed by atoms with van der Waals surface area (Å²) >= 11 is 6.19. The van der Waals surface area contributed by atoms with Gasteiger partial charge in [0.05, 0.1) is 11.4 Å². The molecule has 0 radical (unpaired) electrons. The summed E-state index contributed by atoms with van der Waals surface area (Å²) in [6, 6.07) is 22.4. The molecule has 1 saturated heterocycles. The maximum atomic E-state index is 13.9. The number of piperazine rings is 1. The van der Waals surface area contributed by atoms with Crippen LogP contribution in [0.15, 0.2) is 66.7 Å². The molecule has 0 saturated carbocycles. The second kappa shape index (κ2) is 9.82. The molecule has 5 rings (SSSR count). The molecule has 3 aromatic carbocycles. The Morgan fingerprint density at radius 2 is 1.58 bits per heavy atom. The zero-order valence-corrected chi connectivity index (χ0v) is 22.0. The first-order chi connectivity index (χ1) is 17.3. The Hall–Kier alpha value is -3.57. The van der Waals surface area contributed by atoms with E-state index in [1.165, 1.54) is 16.7 Å². The van der Waals surface area contributed by atoms with Gasteiger partial charge in [-0.3, -0.25) is 4.79 Å². The Kier molecular flexibility index (Phi) is 6.59. The number of aryl methyl sites for hydroxylation is 4. The van der Waals surface area contributed by atoms with Gasteiger partial charge in [0, 0.05) is 42.5 Å². The third kappa shape index (κ3) is 4.76. The number of nitrogens with zero attached hydrogens (tertiary/aromatic N) is 4. The van der Waals surface area contributed by atoms with Gasteiger partial charge in [-0.05, 0) is 80.8 Å². The molecular formula is C30H31ClN4O. The van der Waals surface area contributed by atoms with Crippen LogP contribution in [0.25, 0.3) is 16.9 Å². The Morgan fingerprint density at radius 3 is 2.28 bits per heavy atom. The van der Waals surface area contributed by atoms with Crippen molar-refractivity contribution in [3.8, 4) is 16.9 Å². The molecule has 0 spiro atoms. The van der Waals surface area contributed by atoms with Crippen LogP contribution in [0.4, 0.5) is 5.69 Å². The molecule has 0 unspecified atom stereocenters. The van der Waals surface area contributed by atoms with Crippen molar-refractivity contribution in [3.63, 3.8) is 0 Å². The summed E-state index contributed by atoms with van der Waals surface area (Å²) in [4.78, 5) is 18.1. The summed E-state index contributed by atoms with van der Waals surface area (Å²) in [5.74, 6) is 0.00306. The first-order valence-electron chi connectivity index (χ1n) is 12.4. The number of rotatable bonds is 4. The lowest BCUT2D eigenvalue weighted by atomic mass is 10.0. The van der Waals surface area contributed by atoms with Crippen molar-refractivity contribution < 1.29 is 4.79 Å². The molecule has 1 amide bonds. The maximum Gasteiger partial charge on any atom is 0.272 e. The third-order valence-corrected chi connectivity index (χ3v) is 7.29. The van der Waals surface area contributed by atoms with Gasteiger partial charge in [0.15, 0.2) is 0 Å². The van der Waals surface area contributed by atoms with E-state index in [1.54, 1.807) is 0 Å². The lowest BCUT2D eigenvalue weighted by molar-refractivity contribution is 0.0737. The quantitative estimate of drug-likeness (QED) is 0.327. The summed E-state index contributed by atoms with van der Waals surface area (Å²) in [6.45, 7) is 11.1. The number of halogens is 1. The summed E-state index contributed by atoms with van der Waals surface area (Å²) in [6.07, 6.45) is 0. The van der Waals surface area contributed by atoms with Crippen LogP contribution in [-0.4, -0.2) is 46.8 Å². The van der Waals surface area contributed by atoms with Crippen molar-refractivity contribution in [2.24, 2.45) is 0 Å². The highest BCUT2D eigenvalue weighted by Crippen LogP contribution is 2.27. The minimum atomic E-state index is 0.00306. The largest absolute Gasteiger partial charge is 0.368 e. The monoisotopic (exact) mass is 498 g/mol. The number of hydrogen-bond donors (Lipinski definition) is 0. The van der Waals surface area contributed by atoms with Gasteiger partial charge < -0.3 is 9.80 Å². The molecule has 6 heteroatoms. The van der Waals surface area contributed by atoms with Crippen molar-refractivity contribution in [3.05, 3.63) is 99.7 Å². The number of carbonyl (C=O) groups excluding carboxylic acids is 1. The van der Waals surface area contributed by atoms with Gasteiger partial charge in [-0.15, -0.1) is 0 Å². The van der Waals surface area contributed by atoms with Gasteiger partial charge in [0.2, 0.25) is 0 Å². The minimum absolute atomic E-state index is 0.00306. The fraction of sp³-hybridized carbons (Fsp3) is 0.267. The van der Waals surface area contributed by atoms with Crippen molar-refractivity contribution in [1.82, 2.24) is 14.7 Å². The van der Waals surface area contributed by atoms with E-state index in [1.807, 2.05) is 33.8 Å². The van der Waals surface area contributed by atoms with Gasteiger partial charge in [0.25, 0.3) is 5.91 Å². The molecule has 1 aliphatic heterocycles. The van der Waals surface area contributed by atoms with Gasteiger partial charge in [-0.2, -0.15) is 5.10 Å². The van der Waals surface area contributed by atoms with Crippen LogP contribution in [0, 0.1) is 27.7 Å². The number of anilines is 1. The lowest BCUT2D eigenvalue weighted by Gasteiger charge is -2.36. The van der Waals surface area contributed by atoms with Crippen LogP contribution in [-0.2, 0) is 0 Å². The second-order valence-electron chi connectivity index (χ2n) is 9.67. The molecule has 0 bridgehead atoms. The molecule has 4 aromatic rings. The van der Waals surface area contributed by atoms with Gasteiger partial charge in [-0.25, -0.2) is 4.68 Å². The van der Waals surface area contributed by atoms with E-state index in [0.29, 0.717) is 18.8 Å². The number of benzene rings is 3. The van der Waals surface area contributed by atoms with E-state index in [-0.39, 0.29) is 5.91 Å². The third-order valence-electron chi connectivity index (χ3n) is 7.05. The van der Waals surface area contributed by atoms with E-state index in [2.05, 4.69) is 75.1 Å². The van der Waals surface area contributed by atoms with Crippen molar-refractivity contribution in [2.75, 3.05) is 31.1 Å². The predicted octanol–water partition coefficient (Wildman–Crippen LogP) is 6.39. The lowest BCUT2D eigenvalue weighted by Crippen LogP contribution is -2.49. The van der Waals surface area contributed by atoms with Crippen LogP contribution in [0.2, 0.25) is 5.02 Å². The number of amides is 1. The number of carbonyl (C=O) groups is 1. The molecule has 1 aliphatic rings. The molecule has 2 heterocycles. The van der Waals surface area contributed by atoms with Gasteiger partial charge >= 0.3 is 0 Å². The average Bonchev–Trinajstić information content (AvgIpc) is 3.30. The highest BCUT2D eigenvalue weighted by molar-refractivity contribution is 6.30. The fourth-order valence-electron chi connectivity index (χ4n) is 4.80. The Bertz CT molecular complexity index is 1430. The van der Waals surface area contributed by atoms with Crippen molar-refractivity contribution in [2.45, 2.75) is 27.7 Å². The van der Waals surface area contributed by atoms with E-state index in [0.717, 1.165) is 46.3 Å². The second-order valence-corrected chi connectivity index (χ2v) is 10.1. The normalized spacial score (nSPS) is 13.8. The smallest absolute Gasteiger partial charge is 0.272 e. The van der Waals surface area contributed by atoms with Gasteiger partial charge in [-0.1, -0.05) is 47.5 Å². The zero-order valence-electron chi connectivity index (χ0n) is 21.3. The van der Waals surface area contributed by atoms with Crippen LogP contribution in [0.1, 0.15) is 32.7 Å². The Labute approximate surface area is 217 Å². The summed E-state index contributed by atoms with van der Waals surface area (Å²) in [5, 5.41) is 5.67. The molecule has 1 aromatic heterocycles.